The van der Waals surface area contributed by atoms with Gasteiger partial charge in [-0.05, 0) is 25.5 Å². The molecule has 14 heavy (non-hydrogen) atoms. The summed E-state index contributed by atoms with van der Waals surface area (Å²) in [6.45, 7) is 5.12. The molecule has 3 heteroatoms. The average molecular weight is 195 g/mol. The van der Waals surface area contributed by atoms with Crippen molar-refractivity contribution in [3.05, 3.63) is 24.2 Å². The Balaban J connectivity index is 1.99. The van der Waals surface area contributed by atoms with E-state index in [1.807, 2.05) is 12.1 Å². The average Bonchev–Trinajstić information content (AvgIpc) is 2.70. The topological polar surface area (TPSA) is 34.4 Å². The zero-order valence-corrected chi connectivity index (χ0v) is 8.69. The molecule has 1 aliphatic rings. The van der Waals surface area contributed by atoms with Crippen LogP contribution in [0, 0.1) is 0 Å². The molecule has 2 rings (SSSR count). The van der Waals surface area contributed by atoms with Gasteiger partial charge in [0, 0.05) is 12.6 Å². The Morgan fingerprint density at radius 2 is 2.43 bits per heavy atom. The van der Waals surface area contributed by atoms with E-state index in [0.29, 0.717) is 6.04 Å². The smallest absolute Gasteiger partial charge is 0.133 e. The van der Waals surface area contributed by atoms with Gasteiger partial charge in [-0.2, -0.15) is 0 Å². The Kier molecular flexibility index (Phi) is 2.89. The van der Waals surface area contributed by atoms with Gasteiger partial charge in [0.05, 0.1) is 12.4 Å². The van der Waals surface area contributed by atoms with Gasteiger partial charge in [0.25, 0.3) is 0 Å². The third-order valence-electron chi connectivity index (χ3n) is 2.81. The summed E-state index contributed by atoms with van der Waals surface area (Å²) in [5.74, 6) is 0.916. The number of ether oxygens (including phenoxy) is 1. The summed E-state index contributed by atoms with van der Waals surface area (Å²) >= 11 is 0. The molecule has 3 unspecified atom stereocenters. The zero-order chi connectivity index (χ0) is 9.97. The number of hydrogen-bond acceptors (Lipinski definition) is 3. The highest BCUT2D eigenvalue weighted by atomic mass is 16.5. The van der Waals surface area contributed by atoms with Gasteiger partial charge in [-0.1, -0.05) is 6.92 Å². The van der Waals surface area contributed by atoms with Crippen LogP contribution in [0.1, 0.15) is 32.1 Å². The first-order valence-corrected chi connectivity index (χ1v) is 5.23. The minimum atomic E-state index is 0.0720. The van der Waals surface area contributed by atoms with Crippen LogP contribution in [0.5, 0.6) is 0 Å². The Hall–Kier alpha value is -0.800. The van der Waals surface area contributed by atoms with Crippen LogP contribution in [-0.4, -0.2) is 18.7 Å². The van der Waals surface area contributed by atoms with Crippen molar-refractivity contribution in [1.82, 2.24) is 5.32 Å². The van der Waals surface area contributed by atoms with Gasteiger partial charge in [0.15, 0.2) is 0 Å². The van der Waals surface area contributed by atoms with Crippen LogP contribution >= 0.6 is 0 Å². The second-order valence-electron chi connectivity index (χ2n) is 3.77. The van der Waals surface area contributed by atoms with Crippen LogP contribution in [0.2, 0.25) is 0 Å². The molecule has 0 saturated carbocycles. The second kappa shape index (κ2) is 4.15. The predicted molar refractivity (Wildman–Crippen MR) is 54.1 cm³/mol. The van der Waals surface area contributed by atoms with Crippen molar-refractivity contribution in [3.63, 3.8) is 0 Å². The maximum atomic E-state index is 5.88. The molecule has 1 aliphatic heterocycles. The number of nitrogens with one attached hydrogen (secondary N) is 1. The number of furan rings is 1. The molecule has 1 saturated heterocycles. The highest BCUT2D eigenvalue weighted by Gasteiger charge is 2.28. The monoisotopic (exact) mass is 195 g/mol. The molecule has 3 atom stereocenters. The van der Waals surface area contributed by atoms with Crippen molar-refractivity contribution in [1.29, 1.82) is 0 Å². The van der Waals surface area contributed by atoms with Crippen LogP contribution in [0.15, 0.2) is 22.8 Å². The van der Waals surface area contributed by atoms with Crippen molar-refractivity contribution in [3.8, 4) is 0 Å². The van der Waals surface area contributed by atoms with Crippen LogP contribution < -0.4 is 5.32 Å². The summed E-state index contributed by atoms with van der Waals surface area (Å²) in [7, 11) is 0. The fraction of sp³-hybridized carbons (Fsp3) is 0.636. The predicted octanol–water partition coefficient (Wildman–Crippen LogP) is 2.11. The van der Waals surface area contributed by atoms with Crippen molar-refractivity contribution in [2.75, 3.05) is 6.54 Å². The molecule has 0 spiro atoms. The quantitative estimate of drug-likeness (QED) is 0.784. The maximum absolute atomic E-state index is 5.88. The van der Waals surface area contributed by atoms with E-state index < -0.39 is 0 Å². The molecule has 2 heterocycles. The van der Waals surface area contributed by atoms with E-state index in [0.717, 1.165) is 18.7 Å². The lowest BCUT2D eigenvalue weighted by molar-refractivity contribution is -0.0643. The fourth-order valence-corrected chi connectivity index (χ4v) is 1.94. The summed E-state index contributed by atoms with van der Waals surface area (Å²) in [5.41, 5.74) is 0. The Bertz CT molecular complexity index is 271. The normalized spacial score (nSPS) is 33.1. The van der Waals surface area contributed by atoms with Crippen LogP contribution in [-0.2, 0) is 4.74 Å². The summed E-state index contributed by atoms with van der Waals surface area (Å²) in [5, 5.41) is 3.47. The molecule has 1 N–H and O–H groups in total. The van der Waals surface area contributed by atoms with E-state index in [1.54, 1.807) is 6.26 Å². The highest BCUT2D eigenvalue weighted by molar-refractivity contribution is 5.04. The number of morpholine rings is 1. The first kappa shape index (κ1) is 9.74. The lowest BCUT2D eigenvalue weighted by Gasteiger charge is -2.34. The Morgan fingerprint density at radius 1 is 1.57 bits per heavy atom. The van der Waals surface area contributed by atoms with Gasteiger partial charge in [-0.3, -0.25) is 0 Å². The van der Waals surface area contributed by atoms with Crippen LogP contribution in [0.4, 0.5) is 0 Å². The molecule has 0 amide bonds. The number of hydrogen-bond donors (Lipinski definition) is 1. The minimum absolute atomic E-state index is 0.0720. The van der Waals surface area contributed by atoms with Gasteiger partial charge in [-0.25, -0.2) is 0 Å². The second-order valence-corrected chi connectivity index (χ2v) is 3.77. The van der Waals surface area contributed by atoms with Crippen molar-refractivity contribution >= 4 is 0 Å². The highest BCUT2D eigenvalue weighted by Crippen LogP contribution is 2.24. The Morgan fingerprint density at radius 3 is 3.00 bits per heavy atom. The molecule has 0 bridgehead atoms. The van der Waals surface area contributed by atoms with E-state index in [2.05, 4.69) is 19.2 Å². The summed E-state index contributed by atoms with van der Waals surface area (Å²) in [6, 6.07) is 4.34. The molecule has 1 aromatic heterocycles. The molecule has 0 radical (unpaired) electrons. The maximum Gasteiger partial charge on any atom is 0.133 e. The van der Waals surface area contributed by atoms with Gasteiger partial charge in [-0.15, -0.1) is 0 Å². The minimum Gasteiger partial charge on any atom is -0.467 e. The van der Waals surface area contributed by atoms with Crippen molar-refractivity contribution in [2.45, 2.75) is 38.5 Å². The first-order valence-electron chi connectivity index (χ1n) is 5.23. The molecule has 1 aromatic rings. The third-order valence-corrected chi connectivity index (χ3v) is 2.81. The molecule has 0 aromatic carbocycles. The summed E-state index contributed by atoms with van der Waals surface area (Å²) in [6.07, 6.45) is 3.12. The summed E-state index contributed by atoms with van der Waals surface area (Å²) < 4.78 is 11.2. The fourth-order valence-electron chi connectivity index (χ4n) is 1.94. The third kappa shape index (κ3) is 1.83. The molecular formula is C11H17NO2. The molecule has 0 aliphatic carbocycles. The first-order chi connectivity index (χ1) is 6.81. The molecule has 3 nitrogen and oxygen atoms in total. The molecular weight excluding hydrogens is 178 g/mol. The molecule has 1 fully saturated rings. The van der Waals surface area contributed by atoms with Crippen LogP contribution in [0.3, 0.4) is 0 Å². The zero-order valence-electron chi connectivity index (χ0n) is 8.69. The standard InChI is InChI=1S/C11H17NO2/c1-3-9-8(2)14-11(7-12-9)10-5-4-6-13-10/h4-6,8-9,11-12H,3,7H2,1-2H3. The largest absolute Gasteiger partial charge is 0.467 e. The van der Waals surface area contributed by atoms with Gasteiger partial charge in [0.2, 0.25) is 0 Å². The number of rotatable bonds is 2. The van der Waals surface area contributed by atoms with E-state index in [-0.39, 0.29) is 12.2 Å². The van der Waals surface area contributed by atoms with Gasteiger partial charge < -0.3 is 14.5 Å². The van der Waals surface area contributed by atoms with Gasteiger partial charge in [0.1, 0.15) is 11.9 Å². The van der Waals surface area contributed by atoms with Gasteiger partial charge >= 0.3 is 0 Å². The van der Waals surface area contributed by atoms with E-state index in [4.69, 9.17) is 9.15 Å². The van der Waals surface area contributed by atoms with E-state index in [1.165, 1.54) is 0 Å². The van der Waals surface area contributed by atoms with E-state index >= 15 is 0 Å². The summed E-state index contributed by atoms with van der Waals surface area (Å²) in [4.78, 5) is 0. The Labute approximate surface area is 84.4 Å². The van der Waals surface area contributed by atoms with Crippen molar-refractivity contribution in [2.24, 2.45) is 0 Å². The van der Waals surface area contributed by atoms with Crippen molar-refractivity contribution < 1.29 is 9.15 Å². The SMILES string of the molecule is CCC1NCC(c2ccco2)OC1C. The van der Waals surface area contributed by atoms with E-state index in [9.17, 15) is 0 Å². The van der Waals surface area contributed by atoms with Crippen LogP contribution in [0.25, 0.3) is 0 Å². The lowest BCUT2D eigenvalue weighted by Crippen LogP contribution is -2.47. The molecule has 78 valence electrons. The lowest BCUT2D eigenvalue weighted by atomic mass is 10.1.